The molecule has 1 aromatic carbocycles. The molecule has 19 heavy (non-hydrogen) atoms. The Kier molecular flexibility index (Phi) is 4.21. The van der Waals surface area contributed by atoms with E-state index >= 15 is 0 Å². The largest absolute Gasteiger partial charge is 0.504 e. The van der Waals surface area contributed by atoms with Crippen molar-refractivity contribution in [1.29, 1.82) is 0 Å². The highest BCUT2D eigenvalue weighted by Crippen LogP contribution is 2.48. The van der Waals surface area contributed by atoms with E-state index in [9.17, 15) is 9.50 Å². The molecule has 0 bridgehead atoms. The molecule has 3 N–H and O–H groups in total. The summed E-state index contributed by atoms with van der Waals surface area (Å²) in [4.78, 5) is 0. The van der Waals surface area contributed by atoms with Crippen LogP contribution in [0.4, 0.5) is 4.39 Å². The van der Waals surface area contributed by atoms with Crippen molar-refractivity contribution in [2.75, 3.05) is 13.7 Å². The molecule has 0 amide bonds. The number of methoxy groups -OCH3 is 1. The van der Waals surface area contributed by atoms with Gasteiger partial charge in [0.15, 0.2) is 11.5 Å². The molecule has 0 spiro atoms. The number of rotatable bonds is 3. The van der Waals surface area contributed by atoms with Crippen molar-refractivity contribution in [3.63, 3.8) is 0 Å². The van der Waals surface area contributed by atoms with Crippen LogP contribution in [0, 0.1) is 5.82 Å². The minimum absolute atomic E-state index is 0.0910. The molecule has 5 heteroatoms. The monoisotopic (exact) mass is 287 g/mol. The van der Waals surface area contributed by atoms with E-state index in [1.807, 2.05) is 0 Å². The Morgan fingerprint density at radius 3 is 2.58 bits per heavy atom. The lowest BCUT2D eigenvalue weighted by molar-refractivity contribution is 0.273. The summed E-state index contributed by atoms with van der Waals surface area (Å²) in [6, 6.07) is 1.17. The number of hydrogen-bond acceptors (Lipinski definition) is 3. The molecule has 1 saturated carbocycles. The van der Waals surface area contributed by atoms with Crippen LogP contribution in [0.3, 0.4) is 0 Å². The first kappa shape index (κ1) is 14.4. The Morgan fingerprint density at radius 2 is 2.05 bits per heavy atom. The molecule has 1 aliphatic carbocycles. The molecule has 106 valence electrons. The topological polar surface area (TPSA) is 55.5 Å². The van der Waals surface area contributed by atoms with Gasteiger partial charge in [0.05, 0.1) is 12.1 Å². The van der Waals surface area contributed by atoms with Crippen LogP contribution in [0.2, 0.25) is 5.02 Å². The third-order valence-electron chi connectivity index (χ3n) is 4.09. The number of hydrogen-bond donors (Lipinski definition) is 2. The number of benzene rings is 1. The van der Waals surface area contributed by atoms with Crippen LogP contribution in [-0.4, -0.2) is 18.8 Å². The summed E-state index contributed by atoms with van der Waals surface area (Å²) in [6.07, 6.45) is 4.69. The molecule has 0 atom stereocenters. The van der Waals surface area contributed by atoms with Crippen LogP contribution < -0.4 is 10.5 Å². The SMILES string of the molecule is COc1c(O)cc(Cl)c(F)c1C1(CN)CCCCC1. The molecule has 1 aliphatic rings. The normalized spacial score (nSPS) is 18.3. The summed E-state index contributed by atoms with van der Waals surface area (Å²) in [5.74, 6) is -0.500. The third-order valence-corrected chi connectivity index (χ3v) is 4.36. The van der Waals surface area contributed by atoms with Crippen molar-refractivity contribution in [1.82, 2.24) is 0 Å². The highest BCUT2D eigenvalue weighted by Gasteiger charge is 2.39. The molecule has 0 unspecified atom stereocenters. The van der Waals surface area contributed by atoms with Crippen LogP contribution in [0.15, 0.2) is 6.07 Å². The minimum atomic E-state index is -0.524. The standard InChI is InChI=1S/C14H19ClFNO2/c1-19-13-10(18)7-9(15)12(16)11(13)14(8-17)5-3-2-4-6-14/h7,18H,2-6,8,17H2,1H3. The number of ether oxygens (including phenoxy) is 1. The number of phenolic OH excluding ortho intramolecular Hbond substituents is 1. The Balaban J connectivity index is 2.64. The van der Waals surface area contributed by atoms with Crippen LogP contribution in [0.1, 0.15) is 37.7 Å². The smallest absolute Gasteiger partial charge is 0.167 e. The van der Waals surface area contributed by atoms with Gasteiger partial charge in [0.1, 0.15) is 5.82 Å². The van der Waals surface area contributed by atoms with E-state index in [1.54, 1.807) is 0 Å². The van der Waals surface area contributed by atoms with E-state index in [4.69, 9.17) is 22.1 Å². The molecule has 0 radical (unpaired) electrons. The van der Waals surface area contributed by atoms with Gasteiger partial charge in [-0.15, -0.1) is 0 Å². The predicted molar refractivity (Wildman–Crippen MR) is 73.4 cm³/mol. The van der Waals surface area contributed by atoms with Crippen molar-refractivity contribution < 1.29 is 14.2 Å². The molecule has 0 heterocycles. The molecule has 0 aromatic heterocycles. The quantitative estimate of drug-likeness (QED) is 0.896. The third kappa shape index (κ3) is 2.39. The Bertz CT molecular complexity index is 473. The van der Waals surface area contributed by atoms with Crippen molar-refractivity contribution in [2.24, 2.45) is 5.73 Å². The number of nitrogens with two attached hydrogens (primary N) is 1. The number of aromatic hydroxyl groups is 1. The lowest BCUT2D eigenvalue weighted by Crippen LogP contribution is -2.38. The molecular formula is C14H19ClFNO2. The first-order valence-corrected chi connectivity index (χ1v) is 6.89. The van der Waals surface area contributed by atoms with Gasteiger partial charge in [-0.25, -0.2) is 4.39 Å². The number of halogens is 2. The van der Waals surface area contributed by atoms with E-state index < -0.39 is 11.2 Å². The molecule has 0 saturated heterocycles. The average Bonchev–Trinajstić information content (AvgIpc) is 2.43. The fourth-order valence-electron chi connectivity index (χ4n) is 3.06. The van der Waals surface area contributed by atoms with Gasteiger partial charge in [-0.2, -0.15) is 0 Å². The van der Waals surface area contributed by atoms with Crippen LogP contribution in [-0.2, 0) is 5.41 Å². The molecule has 1 aromatic rings. The van der Waals surface area contributed by atoms with Gasteiger partial charge in [0.2, 0.25) is 0 Å². The van der Waals surface area contributed by atoms with Crippen LogP contribution >= 0.6 is 11.6 Å². The molecular weight excluding hydrogens is 269 g/mol. The van der Waals surface area contributed by atoms with Crippen molar-refractivity contribution in [3.8, 4) is 11.5 Å². The Labute approximate surface area is 117 Å². The lowest BCUT2D eigenvalue weighted by atomic mass is 9.69. The summed E-state index contributed by atoms with van der Waals surface area (Å²) in [6.45, 7) is 0.320. The first-order valence-electron chi connectivity index (χ1n) is 6.51. The summed E-state index contributed by atoms with van der Waals surface area (Å²) in [7, 11) is 1.42. The maximum Gasteiger partial charge on any atom is 0.167 e. The van der Waals surface area contributed by atoms with Gasteiger partial charge in [-0.05, 0) is 12.8 Å². The van der Waals surface area contributed by atoms with Gasteiger partial charge in [-0.3, -0.25) is 0 Å². The maximum absolute atomic E-state index is 14.5. The van der Waals surface area contributed by atoms with Crippen LogP contribution in [0.5, 0.6) is 11.5 Å². The predicted octanol–water partition coefficient (Wildman–Crippen LogP) is 3.35. The van der Waals surface area contributed by atoms with E-state index in [0.29, 0.717) is 12.1 Å². The summed E-state index contributed by atoms with van der Waals surface area (Å²) in [5.41, 5.74) is 5.76. The fourth-order valence-corrected chi connectivity index (χ4v) is 3.26. The first-order chi connectivity index (χ1) is 9.05. The van der Waals surface area contributed by atoms with Gasteiger partial charge in [0.25, 0.3) is 0 Å². The van der Waals surface area contributed by atoms with Gasteiger partial charge < -0.3 is 15.6 Å². The van der Waals surface area contributed by atoms with Gasteiger partial charge >= 0.3 is 0 Å². The summed E-state index contributed by atoms with van der Waals surface area (Å²) in [5, 5.41) is 9.83. The minimum Gasteiger partial charge on any atom is -0.504 e. The lowest BCUT2D eigenvalue weighted by Gasteiger charge is -2.38. The Morgan fingerprint density at radius 1 is 1.42 bits per heavy atom. The Hall–Kier alpha value is -1.00. The van der Waals surface area contributed by atoms with E-state index in [0.717, 1.165) is 32.1 Å². The summed E-state index contributed by atoms with van der Waals surface area (Å²) >= 11 is 5.85. The van der Waals surface area contributed by atoms with Gasteiger partial charge in [-0.1, -0.05) is 30.9 Å². The molecule has 3 nitrogen and oxygen atoms in total. The highest BCUT2D eigenvalue weighted by atomic mass is 35.5. The zero-order valence-electron chi connectivity index (χ0n) is 11.0. The van der Waals surface area contributed by atoms with Crippen molar-refractivity contribution in [3.05, 3.63) is 22.5 Å². The highest BCUT2D eigenvalue weighted by molar-refractivity contribution is 6.31. The van der Waals surface area contributed by atoms with E-state index in [1.165, 1.54) is 13.2 Å². The zero-order chi connectivity index (χ0) is 14.0. The van der Waals surface area contributed by atoms with Crippen LogP contribution in [0.25, 0.3) is 0 Å². The second-order valence-electron chi connectivity index (χ2n) is 5.14. The van der Waals surface area contributed by atoms with Crippen molar-refractivity contribution >= 4 is 11.6 Å². The summed E-state index contributed by atoms with van der Waals surface area (Å²) < 4.78 is 19.7. The van der Waals surface area contributed by atoms with E-state index in [2.05, 4.69) is 0 Å². The molecule has 2 rings (SSSR count). The maximum atomic E-state index is 14.5. The average molecular weight is 288 g/mol. The van der Waals surface area contributed by atoms with Gasteiger partial charge in [0, 0.05) is 23.6 Å². The van der Waals surface area contributed by atoms with Crippen molar-refractivity contribution in [2.45, 2.75) is 37.5 Å². The molecule has 0 aliphatic heterocycles. The zero-order valence-corrected chi connectivity index (χ0v) is 11.8. The second kappa shape index (κ2) is 5.55. The molecule has 1 fully saturated rings. The number of phenols is 1. The fraction of sp³-hybridized carbons (Fsp3) is 0.571. The second-order valence-corrected chi connectivity index (χ2v) is 5.55. The van der Waals surface area contributed by atoms with E-state index in [-0.39, 0.29) is 16.5 Å².